The Labute approximate surface area is 240 Å². The number of rotatable bonds is 6. The van der Waals surface area contributed by atoms with Crippen LogP contribution < -0.4 is 15.0 Å². The summed E-state index contributed by atoms with van der Waals surface area (Å²) in [6.45, 7) is 2.04. The average Bonchev–Trinajstić information content (AvgIpc) is 3.65. The summed E-state index contributed by atoms with van der Waals surface area (Å²) in [4.78, 5) is 17.5. The fraction of sp³-hybridized carbons (Fsp3) is 0.433. The minimum Gasteiger partial charge on any atom is -0.461 e. The normalized spacial score (nSPS) is 26.2. The van der Waals surface area contributed by atoms with Crippen LogP contribution in [0.5, 0.6) is 6.01 Å². The van der Waals surface area contributed by atoms with Crippen molar-refractivity contribution < 1.29 is 17.9 Å². The van der Waals surface area contributed by atoms with E-state index in [9.17, 15) is 8.78 Å². The van der Waals surface area contributed by atoms with Crippen molar-refractivity contribution in [2.24, 2.45) is 0 Å². The van der Waals surface area contributed by atoms with Gasteiger partial charge in [-0.3, -0.25) is 9.88 Å². The van der Waals surface area contributed by atoms with Crippen molar-refractivity contribution >= 4 is 39.1 Å². The van der Waals surface area contributed by atoms with Gasteiger partial charge in [0.15, 0.2) is 5.82 Å². The van der Waals surface area contributed by atoms with E-state index in [1.165, 1.54) is 6.20 Å². The zero-order valence-corrected chi connectivity index (χ0v) is 23.3. The highest BCUT2D eigenvalue weighted by molar-refractivity contribution is 6.36. The van der Waals surface area contributed by atoms with Crippen LogP contribution in [0.2, 0.25) is 5.02 Å². The number of fused-ring (bicyclic) bond motifs is 3. The highest BCUT2D eigenvalue weighted by Gasteiger charge is 2.49. The largest absolute Gasteiger partial charge is 0.461 e. The lowest BCUT2D eigenvalue weighted by molar-refractivity contribution is 0.107. The molecule has 4 atom stereocenters. The third-order valence-corrected chi connectivity index (χ3v) is 9.24. The molecule has 7 rings (SSSR count). The maximum atomic E-state index is 16.5. The summed E-state index contributed by atoms with van der Waals surface area (Å²) in [5.74, 6) is -0.325. The molecule has 0 bridgehead atoms. The number of anilines is 1. The smallest absolute Gasteiger partial charge is 0.319 e. The van der Waals surface area contributed by atoms with Gasteiger partial charge >= 0.3 is 6.01 Å². The quantitative estimate of drug-likeness (QED) is 0.329. The van der Waals surface area contributed by atoms with E-state index in [1.807, 2.05) is 24.3 Å². The number of likely N-dealkylation sites (N-methyl/N-ethyl adjacent to an activating group) is 1. The lowest BCUT2D eigenvalue weighted by Gasteiger charge is -2.31. The van der Waals surface area contributed by atoms with E-state index >= 15 is 4.39 Å². The van der Waals surface area contributed by atoms with Crippen molar-refractivity contribution in [2.45, 2.75) is 43.2 Å². The molecule has 3 aliphatic rings. The molecule has 0 amide bonds. The third-order valence-electron chi connectivity index (χ3n) is 8.93. The molecule has 0 aliphatic carbocycles. The maximum Gasteiger partial charge on any atom is 0.319 e. The first-order valence-corrected chi connectivity index (χ1v) is 14.4. The number of halogens is 4. The molecule has 7 nitrogen and oxygen atoms in total. The van der Waals surface area contributed by atoms with Gasteiger partial charge in [0.05, 0.1) is 17.0 Å². The summed E-state index contributed by atoms with van der Waals surface area (Å²) >= 11 is 6.54. The Morgan fingerprint density at radius 2 is 2.00 bits per heavy atom. The van der Waals surface area contributed by atoms with E-state index in [2.05, 4.69) is 25.2 Å². The predicted molar refractivity (Wildman–Crippen MR) is 154 cm³/mol. The molecule has 0 radical (unpaired) electrons. The summed E-state index contributed by atoms with van der Waals surface area (Å²) in [7, 11) is 1.73. The molecule has 2 aromatic carbocycles. The van der Waals surface area contributed by atoms with Crippen LogP contribution in [0.4, 0.5) is 19.0 Å². The van der Waals surface area contributed by atoms with Gasteiger partial charge in [-0.15, -0.1) is 0 Å². The molecule has 11 heteroatoms. The van der Waals surface area contributed by atoms with Crippen molar-refractivity contribution in [3.05, 3.63) is 53.4 Å². The minimum absolute atomic E-state index is 0.0165. The molecule has 2 aromatic heterocycles. The Morgan fingerprint density at radius 1 is 1.17 bits per heavy atom. The Balaban J connectivity index is 1.35. The standard InChI is InChI=1S/C30H30ClF3N6O/c1-39(23-14-35-13-22(23)33)28-20-12-36-26(19-7-2-5-17-6-3-8-21(31)24(17)19)25(34)27(20)37-29(38-28)41-16-30-9-4-10-40(30)15-18(32)11-30/h2-3,5-8,12,18,22-23,35H,4,9-11,13-16H2,1H3/t18-,22-,23-,30+/m1/s1. The Kier molecular flexibility index (Phi) is 6.67. The van der Waals surface area contributed by atoms with Gasteiger partial charge in [0.25, 0.3) is 0 Å². The Bertz CT molecular complexity index is 1640. The molecule has 0 spiro atoms. The number of pyridine rings is 1. The van der Waals surface area contributed by atoms with Crippen molar-refractivity contribution in [3.63, 3.8) is 0 Å². The zero-order valence-electron chi connectivity index (χ0n) is 22.6. The maximum absolute atomic E-state index is 16.5. The Morgan fingerprint density at radius 3 is 2.80 bits per heavy atom. The van der Waals surface area contributed by atoms with Crippen LogP contribution in [-0.2, 0) is 0 Å². The van der Waals surface area contributed by atoms with E-state index in [0.717, 1.165) is 24.8 Å². The molecule has 3 aliphatic heterocycles. The summed E-state index contributed by atoms with van der Waals surface area (Å²) in [5, 5.41) is 5.42. The van der Waals surface area contributed by atoms with Crippen LogP contribution >= 0.6 is 11.6 Å². The molecule has 0 saturated carbocycles. The number of hydrogen-bond donors (Lipinski definition) is 1. The van der Waals surface area contributed by atoms with Crippen LogP contribution in [0.15, 0.2) is 42.6 Å². The molecule has 1 N–H and O–H groups in total. The van der Waals surface area contributed by atoms with Gasteiger partial charge in [-0.1, -0.05) is 41.9 Å². The van der Waals surface area contributed by atoms with Crippen LogP contribution in [-0.4, -0.2) is 83.6 Å². The van der Waals surface area contributed by atoms with E-state index in [-0.39, 0.29) is 30.4 Å². The zero-order chi connectivity index (χ0) is 28.3. The molecular weight excluding hydrogens is 553 g/mol. The molecule has 3 saturated heterocycles. The van der Waals surface area contributed by atoms with Crippen LogP contribution in [0.1, 0.15) is 19.3 Å². The number of nitrogens with zero attached hydrogens (tertiary/aromatic N) is 5. The summed E-state index contributed by atoms with van der Waals surface area (Å²) in [5.41, 5.74) is 0.220. The van der Waals surface area contributed by atoms with Crippen LogP contribution in [0.3, 0.4) is 0 Å². The Hall–Kier alpha value is -3.21. The van der Waals surface area contributed by atoms with Gasteiger partial charge < -0.3 is 15.0 Å². The average molecular weight is 583 g/mol. The third kappa shape index (κ3) is 4.47. The number of benzene rings is 2. The van der Waals surface area contributed by atoms with E-state index in [4.69, 9.17) is 16.3 Å². The van der Waals surface area contributed by atoms with Gasteiger partial charge in [-0.05, 0) is 30.8 Å². The number of hydrogen-bond acceptors (Lipinski definition) is 7. The fourth-order valence-corrected chi connectivity index (χ4v) is 7.14. The number of aromatic nitrogens is 3. The second-order valence-corrected chi connectivity index (χ2v) is 11.8. The molecule has 5 heterocycles. The minimum atomic E-state index is -1.13. The lowest BCUT2D eigenvalue weighted by Crippen LogP contribution is -2.43. The van der Waals surface area contributed by atoms with Crippen LogP contribution in [0.25, 0.3) is 32.9 Å². The first-order chi connectivity index (χ1) is 19.8. The van der Waals surface area contributed by atoms with Crippen LogP contribution in [0, 0.1) is 5.82 Å². The molecule has 41 heavy (non-hydrogen) atoms. The van der Waals surface area contributed by atoms with E-state index < -0.39 is 29.7 Å². The highest BCUT2D eigenvalue weighted by atomic mass is 35.5. The van der Waals surface area contributed by atoms with Gasteiger partial charge in [-0.25, -0.2) is 13.2 Å². The molecule has 0 unspecified atom stereocenters. The first-order valence-electron chi connectivity index (χ1n) is 14.0. The summed E-state index contributed by atoms with van der Waals surface area (Å²) in [6.07, 6.45) is 1.65. The van der Waals surface area contributed by atoms with E-state index in [0.29, 0.717) is 46.7 Å². The van der Waals surface area contributed by atoms with Crippen molar-refractivity contribution in [3.8, 4) is 17.3 Å². The number of alkyl halides is 2. The van der Waals surface area contributed by atoms with Gasteiger partial charge in [0.2, 0.25) is 0 Å². The molecule has 3 fully saturated rings. The topological polar surface area (TPSA) is 66.4 Å². The van der Waals surface area contributed by atoms with Gasteiger partial charge in [-0.2, -0.15) is 9.97 Å². The number of ether oxygens (including phenoxy) is 1. The van der Waals surface area contributed by atoms with Gasteiger partial charge in [0.1, 0.15) is 36.0 Å². The lowest BCUT2D eigenvalue weighted by atomic mass is 9.95. The summed E-state index contributed by atoms with van der Waals surface area (Å²) in [6, 6.07) is 10.5. The van der Waals surface area contributed by atoms with Crippen molar-refractivity contribution in [1.82, 2.24) is 25.2 Å². The second-order valence-electron chi connectivity index (χ2n) is 11.4. The number of nitrogens with one attached hydrogen (secondary N) is 1. The second kappa shape index (κ2) is 10.3. The molecule has 4 aromatic rings. The van der Waals surface area contributed by atoms with Crippen molar-refractivity contribution in [1.29, 1.82) is 0 Å². The molecular formula is C30H30ClF3N6O. The predicted octanol–water partition coefficient (Wildman–Crippen LogP) is 5.34. The monoisotopic (exact) mass is 582 g/mol. The first kappa shape index (κ1) is 26.7. The van der Waals surface area contributed by atoms with Crippen molar-refractivity contribution in [2.75, 3.05) is 44.7 Å². The molecule has 214 valence electrons. The fourth-order valence-electron chi connectivity index (χ4n) is 6.85. The SMILES string of the molecule is CN(c1nc(OC[C@@]23CCCN2C[C@H](F)C3)nc2c(F)c(-c3cccc4cccc(Cl)c34)ncc12)[C@@H]1CNC[C@H]1F. The highest BCUT2D eigenvalue weighted by Crippen LogP contribution is 2.41. The van der Waals surface area contributed by atoms with Gasteiger partial charge in [0, 0.05) is 55.3 Å². The summed E-state index contributed by atoms with van der Waals surface area (Å²) < 4.78 is 51.8. The van der Waals surface area contributed by atoms with E-state index in [1.54, 1.807) is 24.1 Å².